The average Bonchev–Trinajstić information content (AvgIpc) is 3.26. The summed E-state index contributed by atoms with van der Waals surface area (Å²) in [6, 6.07) is 8.69. The van der Waals surface area contributed by atoms with Crippen LogP contribution in [0.15, 0.2) is 41.5 Å². The van der Waals surface area contributed by atoms with Crippen LogP contribution < -0.4 is 0 Å². The van der Waals surface area contributed by atoms with Crippen molar-refractivity contribution in [1.82, 2.24) is 4.90 Å². The van der Waals surface area contributed by atoms with Gasteiger partial charge in [0, 0.05) is 42.8 Å². The number of aliphatic hydroxyl groups excluding tert-OH is 1. The molecule has 1 aliphatic heterocycles. The van der Waals surface area contributed by atoms with Crippen LogP contribution in [-0.4, -0.2) is 48.5 Å². The minimum Gasteiger partial charge on any atom is -0.459 e. The molecule has 6 heteroatoms. The summed E-state index contributed by atoms with van der Waals surface area (Å²) in [7, 11) is 1.91. The van der Waals surface area contributed by atoms with Gasteiger partial charge in [-0.3, -0.25) is 4.79 Å². The van der Waals surface area contributed by atoms with Crippen molar-refractivity contribution < 1.29 is 19.4 Å². The Bertz CT molecular complexity index is 933. The van der Waals surface area contributed by atoms with Crippen LogP contribution in [-0.2, 0) is 14.3 Å². The zero-order chi connectivity index (χ0) is 22.5. The smallest absolute Gasteiger partial charge is 0.288 e. The van der Waals surface area contributed by atoms with Crippen molar-refractivity contribution in [2.24, 2.45) is 5.92 Å². The summed E-state index contributed by atoms with van der Waals surface area (Å²) in [6.45, 7) is 2.60. The number of likely N-dealkylation sites (N-methyl/N-ethyl adjacent to an activating group) is 1. The molecule has 1 fully saturated rings. The Kier molecular flexibility index (Phi) is 7.87. The molecule has 0 spiro atoms. The first-order chi connectivity index (χ1) is 15.6. The highest BCUT2D eigenvalue weighted by Gasteiger charge is 2.40. The van der Waals surface area contributed by atoms with Gasteiger partial charge in [0.05, 0.1) is 0 Å². The number of rotatable bonds is 8. The second kappa shape index (κ2) is 10.8. The molecule has 5 nitrogen and oxygen atoms in total. The van der Waals surface area contributed by atoms with E-state index in [0.717, 1.165) is 19.3 Å². The number of amides is 1. The fourth-order valence-electron chi connectivity index (χ4n) is 5.18. The van der Waals surface area contributed by atoms with Gasteiger partial charge in [0.25, 0.3) is 5.91 Å². The summed E-state index contributed by atoms with van der Waals surface area (Å²) in [4.78, 5) is 15.4. The highest BCUT2D eigenvalue weighted by Crippen LogP contribution is 2.43. The maximum absolute atomic E-state index is 13.5. The van der Waals surface area contributed by atoms with E-state index < -0.39 is 6.29 Å². The third-order valence-corrected chi connectivity index (χ3v) is 7.92. The molecular formula is C26H35NO4S. The molecule has 1 N–H and O–H groups in total. The number of fused-ring (bicyclic) bond motifs is 1. The van der Waals surface area contributed by atoms with Gasteiger partial charge in [-0.1, -0.05) is 37.5 Å². The first-order valence-electron chi connectivity index (χ1n) is 12.0. The van der Waals surface area contributed by atoms with Gasteiger partial charge < -0.3 is 19.5 Å². The van der Waals surface area contributed by atoms with Gasteiger partial charge in [0.1, 0.15) is 0 Å². The Labute approximate surface area is 195 Å². The third-order valence-electron chi connectivity index (χ3n) is 6.94. The van der Waals surface area contributed by atoms with Gasteiger partial charge in [0.15, 0.2) is 5.76 Å². The molecule has 4 rings (SSSR count). The summed E-state index contributed by atoms with van der Waals surface area (Å²) >= 11 is 1.73. The molecule has 1 aromatic carbocycles. The van der Waals surface area contributed by atoms with Crippen LogP contribution in [0.2, 0.25) is 0 Å². The Hall–Kier alpha value is -1.89. The number of ether oxygens (including phenoxy) is 2. The molecule has 3 atom stereocenters. The molecule has 0 unspecified atom stereocenters. The lowest BCUT2D eigenvalue weighted by Gasteiger charge is -2.39. The maximum atomic E-state index is 13.5. The number of benzene rings is 1. The number of allylic oxidation sites excluding steroid dienone is 1. The molecule has 2 heterocycles. The number of carbonyl (C=O) groups is 1. The summed E-state index contributed by atoms with van der Waals surface area (Å²) in [6.07, 6.45) is 8.69. The minimum absolute atomic E-state index is 0.00158. The zero-order valence-electron chi connectivity index (χ0n) is 19.2. The van der Waals surface area contributed by atoms with E-state index in [-0.39, 0.29) is 30.4 Å². The van der Waals surface area contributed by atoms with E-state index in [4.69, 9.17) is 9.47 Å². The van der Waals surface area contributed by atoms with Gasteiger partial charge in [-0.05, 0) is 61.1 Å². The van der Waals surface area contributed by atoms with E-state index in [9.17, 15) is 9.90 Å². The topological polar surface area (TPSA) is 59.0 Å². The van der Waals surface area contributed by atoms with E-state index in [1.165, 1.54) is 34.9 Å². The number of hydrogen-bond donors (Lipinski definition) is 1. The van der Waals surface area contributed by atoms with Crippen LogP contribution in [0, 0.1) is 5.92 Å². The molecule has 174 valence electrons. The third kappa shape index (κ3) is 4.87. The number of carbonyl (C=O) groups excluding carboxylic acids is 1. The first kappa shape index (κ1) is 23.3. The van der Waals surface area contributed by atoms with Crippen LogP contribution in [0.3, 0.4) is 0 Å². The van der Waals surface area contributed by atoms with Crippen molar-refractivity contribution in [2.75, 3.05) is 20.3 Å². The lowest BCUT2D eigenvalue weighted by Crippen LogP contribution is -2.43. The standard InChI is InChI=1S/C26H35NO4S/c1-3-30-26-20(13-9-15-28)21(22-17-32-24-14-8-7-12-19(22)24)16-23(31-26)25(29)27(2)18-10-5-4-6-11-18/h7-8,12,14,16-18,20-21,26,28H,3-6,9-11,13,15H2,1-2H3/t20-,21-,26+/m1/s1. The number of hydrogen-bond acceptors (Lipinski definition) is 5. The fourth-order valence-corrected chi connectivity index (χ4v) is 6.19. The quantitative estimate of drug-likeness (QED) is 0.573. The van der Waals surface area contributed by atoms with E-state index >= 15 is 0 Å². The van der Waals surface area contributed by atoms with Gasteiger partial charge in [-0.2, -0.15) is 0 Å². The molecule has 1 saturated carbocycles. The van der Waals surface area contributed by atoms with Gasteiger partial charge >= 0.3 is 0 Å². The lowest BCUT2D eigenvalue weighted by molar-refractivity contribution is -0.170. The molecule has 0 bridgehead atoms. The van der Waals surface area contributed by atoms with Crippen molar-refractivity contribution >= 4 is 27.3 Å². The molecule has 1 aromatic heterocycles. The summed E-state index contributed by atoms with van der Waals surface area (Å²) in [5, 5.41) is 12.9. The SMILES string of the molecule is CCO[C@H]1OC(C(=O)N(C)C2CCCCC2)=C[C@@H](c2csc3ccccc23)[C@H]1CCCO. The van der Waals surface area contributed by atoms with Crippen molar-refractivity contribution in [3.8, 4) is 0 Å². The summed E-state index contributed by atoms with van der Waals surface area (Å²) in [5.74, 6) is 0.391. The van der Waals surface area contributed by atoms with Gasteiger partial charge in [0.2, 0.25) is 6.29 Å². The lowest BCUT2D eigenvalue weighted by atomic mass is 9.80. The normalized spacial score (nSPS) is 24.2. The predicted octanol–water partition coefficient (Wildman–Crippen LogP) is 5.44. The Morgan fingerprint density at radius 3 is 2.78 bits per heavy atom. The van der Waals surface area contributed by atoms with Crippen LogP contribution >= 0.6 is 11.3 Å². The predicted molar refractivity (Wildman–Crippen MR) is 129 cm³/mol. The number of aliphatic hydroxyl groups is 1. The largest absolute Gasteiger partial charge is 0.459 e. The Morgan fingerprint density at radius 2 is 2.03 bits per heavy atom. The highest BCUT2D eigenvalue weighted by atomic mass is 32.1. The highest BCUT2D eigenvalue weighted by molar-refractivity contribution is 7.17. The van der Waals surface area contributed by atoms with E-state index in [1.807, 2.05) is 24.9 Å². The summed E-state index contributed by atoms with van der Waals surface area (Å²) in [5.41, 5.74) is 1.21. The molecule has 1 amide bonds. The van der Waals surface area contributed by atoms with Crippen molar-refractivity contribution in [2.45, 2.75) is 70.1 Å². The van der Waals surface area contributed by atoms with E-state index in [1.54, 1.807) is 11.3 Å². The molecule has 2 aromatic rings. The van der Waals surface area contributed by atoms with Crippen LogP contribution in [0.4, 0.5) is 0 Å². The van der Waals surface area contributed by atoms with Crippen molar-refractivity contribution in [3.63, 3.8) is 0 Å². The summed E-state index contributed by atoms with van der Waals surface area (Å²) < 4.78 is 13.5. The first-order valence-corrected chi connectivity index (χ1v) is 12.9. The second-order valence-electron chi connectivity index (χ2n) is 8.92. The van der Waals surface area contributed by atoms with Crippen molar-refractivity contribution in [1.29, 1.82) is 0 Å². The fraction of sp³-hybridized carbons (Fsp3) is 0.577. The molecule has 32 heavy (non-hydrogen) atoms. The number of thiophene rings is 1. The number of nitrogens with zero attached hydrogens (tertiary/aromatic N) is 1. The van der Waals surface area contributed by atoms with Gasteiger partial charge in [-0.15, -0.1) is 11.3 Å². The minimum atomic E-state index is -0.501. The van der Waals surface area contributed by atoms with E-state index in [0.29, 0.717) is 18.8 Å². The zero-order valence-corrected chi connectivity index (χ0v) is 20.0. The van der Waals surface area contributed by atoms with Crippen molar-refractivity contribution in [3.05, 3.63) is 47.0 Å². The average molecular weight is 458 g/mol. The van der Waals surface area contributed by atoms with E-state index in [2.05, 4.69) is 29.6 Å². The maximum Gasteiger partial charge on any atom is 0.288 e. The van der Waals surface area contributed by atoms with Crippen LogP contribution in [0.1, 0.15) is 63.4 Å². The molecule has 1 aliphatic carbocycles. The van der Waals surface area contributed by atoms with Crippen LogP contribution in [0.25, 0.3) is 10.1 Å². The van der Waals surface area contributed by atoms with Crippen LogP contribution in [0.5, 0.6) is 0 Å². The molecule has 2 aliphatic rings. The molecular weight excluding hydrogens is 422 g/mol. The Balaban J connectivity index is 1.70. The second-order valence-corrected chi connectivity index (χ2v) is 9.83. The monoisotopic (exact) mass is 457 g/mol. The van der Waals surface area contributed by atoms with Gasteiger partial charge in [-0.25, -0.2) is 0 Å². The molecule has 0 radical (unpaired) electrons. The molecule has 0 saturated heterocycles. The Morgan fingerprint density at radius 1 is 1.25 bits per heavy atom.